The number of hydrogen-bond donors (Lipinski definition) is 0. The lowest BCUT2D eigenvalue weighted by Gasteiger charge is -2.21. The van der Waals surface area contributed by atoms with Crippen LogP contribution < -0.4 is 0 Å². The third-order valence-electron chi connectivity index (χ3n) is 3.40. The smallest absolute Gasteiger partial charge is 0.167 e. The molecule has 0 saturated carbocycles. The Morgan fingerprint density at radius 1 is 1.32 bits per heavy atom. The molecule has 0 radical (unpaired) electrons. The predicted molar refractivity (Wildman–Crippen MR) is 85.1 cm³/mol. The van der Waals surface area contributed by atoms with Crippen LogP contribution in [0.4, 0.5) is 0 Å². The number of rotatable bonds is 9. The maximum absolute atomic E-state index is 6.21. The second kappa shape index (κ2) is 9.07. The van der Waals surface area contributed by atoms with E-state index in [-0.39, 0.29) is 6.10 Å². The fourth-order valence-electron chi connectivity index (χ4n) is 2.11. The highest BCUT2D eigenvalue weighted by atomic mass is 28.2. The van der Waals surface area contributed by atoms with Gasteiger partial charge in [0.15, 0.2) is 9.76 Å². The van der Waals surface area contributed by atoms with Gasteiger partial charge >= 0.3 is 0 Å². The molecule has 2 atom stereocenters. The second-order valence-corrected chi connectivity index (χ2v) is 6.66. The largest absolute Gasteiger partial charge is 0.417 e. The molecule has 0 aromatic heterocycles. The van der Waals surface area contributed by atoms with Crippen molar-refractivity contribution in [1.82, 2.24) is 0 Å². The van der Waals surface area contributed by atoms with E-state index in [1.165, 1.54) is 5.56 Å². The molecule has 3 heteroatoms. The van der Waals surface area contributed by atoms with Gasteiger partial charge in [-0.2, -0.15) is 0 Å². The number of hydrogen-bond acceptors (Lipinski definition) is 2. The predicted octanol–water partition coefficient (Wildman–Crippen LogP) is 3.73. The van der Waals surface area contributed by atoms with Gasteiger partial charge in [-0.25, -0.2) is 0 Å². The quantitative estimate of drug-likeness (QED) is 0.641. The minimum Gasteiger partial charge on any atom is -0.417 e. The molecule has 0 N–H and O–H groups in total. The average molecular weight is 278 g/mol. The normalized spacial score (nSPS) is 14.7. The zero-order valence-corrected chi connectivity index (χ0v) is 13.8. The Kier molecular flexibility index (Phi) is 7.71. The van der Waals surface area contributed by atoms with Gasteiger partial charge in [-0.05, 0) is 29.2 Å². The van der Waals surface area contributed by atoms with Crippen LogP contribution in [0.5, 0.6) is 0 Å². The molecule has 0 aliphatic heterocycles. The standard InChI is InChI=1S/C16H26O2Si/c1-5-13-9-8-10-14(11-13)16(7-3)18-19-15(6-2)12-17-4/h5,8-11,15-16H,1,6-7,12,19H2,2-4H3. The van der Waals surface area contributed by atoms with Crippen molar-refractivity contribution >= 4 is 15.8 Å². The van der Waals surface area contributed by atoms with Gasteiger partial charge in [0.1, 0.15) is 0 Å². The van der Waals surface area contributed by atoms with Gasteiger partial charge in [-0.3, -0.25) is 0 Å². The summed E-state index contributed by atoms with van der Waals surface area (Å²) in [6.45, 7) is 9.03. The first-order chi connectivity index (χ1) is 9.24. The summed E-state index contributed by atoms with van der Waals surface area (Å²) < 4.78 is 11.5. The van der Waals surface area contributed by atoms with Gasteiger partial charge in [0.2, 0.25) is 0 Å². The van der Waals surface area contributed by atoms with Crippen molar-refractivity contribution in [2.75, 3.05) is 13.7 Å². The third-order valence-corrected chi connectivity index (χ3v) is 5.28. The Balaban J connectivity index is 2.63. The van der Waals surface area contributed by atoms with Crippen molar-refractivity contribution in [2.24, 2.45) is 0 Å². The van der Waals surface area contributed by atoms with Crippen LogP contribution in [0.25, 0.3) is 6.08 Å². The van der Waals surface area contributed by atoms with Gasteiger partial charge < -0.3 is 9.16 Å². The summed E-state index contributed by atoms with van der Waals surface area (Å²) in [5.74, 6) is 0. The van der Waals surface area contributed by atoms with Gasteiger partial charge in [-0.15, -0.1) is 0 Å². The van der Waals surface area contributed by atoms with Gasteiger partial charge in [0.05, 0.1) is 6.10 Å². The van der Waals surface area contributed by atoms with E-state index in [2.05, 4.69) is 44.7 Å². The zero-order valence-electron chi connectivity index (χ0n) is 12.4. The first-order valence-corrected chi connectivity index (χ1v) is 8.47. The van der Waals surface area contributed by atoms with E-state index in [9.17, 15) is 0 Å². The molecule has 1 aromatic rings. The Labute approximate surface area is 119 Å². The molecule has 0 fully saturated rings. The van der Waals surface area contributed by atoms with E-state index in [1.54, 1.807) is 7.11 Å². The number of ether oxygens (including phenoxy) is 1. The fraction of sp³-hybridized carbons (Fsp3) is 0.500. The highest BCUT2D eigenvalue weighted by molar-refractivity contribution is 6.29. The van der Waals surface area contributed by atoms with E-state index in [0.29, 0.717) is 5.54 Å². The molecule has 19 heavy (non-hydrogen) atoms. The molecule has 0 amide bonds. The molecule has 106 valence electrons. The Morgan fingerprint density at radius 3 is 2.68 bits per heavy atom. The molecule has 0 aliphatic rings. The van der Waals surface area contributed by atoms with Crippen molar-refractivity contribution in [3.05, 3.63) is 42.0 Å². The average Bonchev–Trinajstić information content (AvgIpc) is 2.47. The summed E-state index contributed by atoms with van der Waals surface area (Å²) in [6.07, 6.45) is 4.26. The SMILES string of the molecule is C=Cc1cccc(C(CC)O[SiH2]C(CC)COC)c1. The van der Waals surface area contributed by atoms with Crippen LogP contribution in [-0.4, -0.2) is 23.5 Å². The molecule has 1 rings (SSSR count). The Bertz CT molecular complexity index is 379. The molecule has 1 aromatic carbocycles. The minimum atomic E-state index is -0.557. The van der Waals surface area contributed by atoms with Crippen LogP contribution in [0, 0.1) is 0 Å². The molecular formula is C16H26O2Si. The fourth-order valence-corrected chi connectivity index (χ4v) is 3.61. The molecule has 2 nitrogen and oxygen atoms in total. The number of benzene rings is 1. The molecule has 0 heterocycles. The van der Waals surface area contributed by atoms with E-state index in [1.807, 2.05) is 6.08 Å². The highest BCUT2D eigenvalue weighted by Gasteiger charge is 2.14. The van der Waals surface area contributed by atoms with Crippen molar-refractivity contribution in [3.63, 3.8) is 0 Å². The zero-order chi connectivity index (χ0) is 14.1. The Hall–Kier alpha value is -0.903. The van der Waals surface area contributed by atoms with Gasteiger partial charge in [0, 0.05) is 13.7 Å². The Morgan fingerprint density at radius 2 is 2.11 bits per heavy atom. The summed E-state index contributed by atoms with van der Waals surface area (Å²) in [6, 6.07) is 8.46. The van der Waals surface area contributed by atoms with Gasteiger partial charge in [-0.1, -0.05) is 51.1 Å². The highest BCUT2D eigenvalue weighted by Crippen LogP contribution is 2.24. The maximum Gasteiger partial charge on any atom is 0.167 e. The summed E-state index contributed by atoms with van der Waals surface area (Å²) >= 11 is 0. The van der Waals surface area contributed by atoms with Crippen molar-refractivity contribution < 1.29 is 9.16 Å². The topological polar surface area (TPSA) is 18.5 Å². The van der Waals surface area contributed by atoms with E-state index in [4.69, 9.17) is 9.16 Å². The van der Waals surface area contributed by atoms with Gasteiger partial charge in [0.25, 0.3) is 0 Å². The monoisotopic (exact) mass is 278 g/mol. The second-order valence-electron chi connectivity index (χ2n) is 4.83. The lowest BCUT2D eigenvalue weighted by Crippen LogP contribution is -2.15. The number of methoxy groups -OCH3 is 1. The first kappa shape index (κ1) is 16.2. The van der Waals surface area contributed by atoms with Crippen LogP contribution in [0.15, 0.2) is 30.8 Å². The maximum atomic E-state index is 6.21. The minimum absolute atomic E-state index is 0.220. The summed E-state index contributed by atoms with van der Waals surface area (Å²) in [7, 11) is 1.21. The summed E-state index contributed by atoms with van der Waals surface area (Å²) in [4.78, 5) is 0. The van der Waals surface area contributed by atoms with Crippen LogP contribution in [-0.2, 0) is 9.16 Å². The van der Waals surface area contributed by atoms with Crippen LogP contribution in [0.1, 0.15) is 43.9 Å². The van der Waals surface area contributed by atoms with E-state index >= 15 is 0 Å². The molecule has 0 saturated heterocycles. The third kappa shape index (κ3) is 5.31. The van der Waals surface area contributed by atoms with E-state index < -0.39 is 9.76 Å². The van der Waals surface area contributed by atoms with Crippen LogP contribution in [0.3, 0.4) is 0 Å². The molecule has 0 spiro atoms. The molecular weight excluding hydrogens is 252 g/mol. The lowest BCUT2D eigenvalue weighted by molar-refractivity contribution is 0.171. The van der Waals surface area contributed by atoms with E-state index in [0.717, 1.165) is 25.0 Å². The van der Waals surface area contributed by atoms with Crippen LogP contribution >= 0.6 is 0 Å². The summed E-state index contributed by atoms with van der Waals surface area (Å²) in [5.41, 5.74) is 3.03. The van der Waals surface area contributed by atoms with Crippen LogP contribution in [0.2, 0.25) is 5.54 Å². The van der Waals surface area contributed by atoms with Crippen molar-refractivity contribution in [2.45, 2.75) is 38.3 Å². The van der Waals surface area contributed by atoms with Crippen molar-refractivity contribution in [1.29, 1.82) is 0 Å². The first-order valence-electron chi connectivity index (χ1n) is 7.08. The lowest BCUT2D eigenvalue weighted by atomic mass is 10.0. The summed E-state index contributed by atoms with van der Waals surface area (Å²) in [5, 5.41) is 0. The molecule has 0 bridgehead atoms. The molecule has 2 unspecified atom stereocenters. The molecule has 0 aliphatic carbocycles. The van der Waals surface area contributed by atoms with Crippen molar-refractivity contribution in [3.8, 4) is 0 Å².